The maximum atomic E-state index is 11.5. The van der Waals surface area contributed by atoms with Gasteiger partial charge in [0.2, 0.25) is 5.91 Å². The van der Waals surface area contributed by atoms with E-state index in [1.807, 2.05) is 0 Å². The van der Waals surface area contributed by atoms with Crippen LogP contribution < -0.4 is 5.32 Å². The number of carboxylic acids is 1. The van der Waals surface area contributed by atoms with Crippen molar-refractivity contribution < 1.29 is 14.7 Å². The van der Waals surface area contributed by atoms with Gasteiger partial charge in [-0.3, -0.25) is 4.79 Å². The van der Waals surface area contributed by atoms with E-state index in [-0.39, 0.29) is 23.3 Å². The number of carboxylic acid groups (broad SMARTS) is 1. The Morgan fingerprint density at radius 1 is 1.56 bits per heavy atom. The molecule has 0 aromatic carbocycles. The van der Waals surface area contributed by atoms with Gasteiger partial charge in [-0.15, -0.1) is 0 Å². The lowest BCUT2D eigenvalue weighted by Crippen LogP contribution is -2.22. The van der Waals surface area contributed by atoms with Gasteiger partial charge < -0.3 is 10.4 Å². The highest BCUT2D eigenvalue weighted by molar-refractivity contribution is 7.80. The SMILES string of the molecule is CC(CS)C(=O)Nc1cccc(C(=O)O)n1. The van der Waals surface area contributed by atoms with Gasteiger partial charge in [0.15, 0.2) is 5.69 Å². The van der Waals surface area contributed by atoms with E-state index in [1.165, 1.54) is 18.2 Å². The van der Waals surface area contributed by atoms with Crippen LogP contribution in [0, 0.1) is 5.92 Å². The van der Waals surface area contributed by atoms with E-state index in [9.17, 15) is 9.59 Å². The van der Waals surface area contributed by atoms with Crippen LogP contribution in [0.25, 0.3) is 0 Å². The summed E-state index contributed by atoms with van der Waals surface area (Å²) >= 11 is 4.00. The molecule has 0 aliphatic carbocycles. The summed E-state index contributed by atoms with van der Waals surface area (Å²) in [5, 5.41) is 11.2. The Balaban J connectivity index is 2.78. The first kappa shape index (κ1) is 12.5. The van der Waals surface area contributed by atoms with Gasteiger partial charge >= 0.3 is 5.97 Å². The molecule has 0 saturated carbocycles. The van der Waals surface area contributed by atoms with Gasteiger partial charge in [-0.05, 0) is 12.1 Å². The van der Waals surface area contributed by atoms with Gasteiger partial charge in [0.1, 0.15) is 5.82 Å². The standard InChI is InChI=1S/C10H12N2O3S/c1-6(5-16)9(13)12-8-4-2-3-7(11-8)10(14)15/h2-4,6,16H,5H2,1H3,(H,14,15)(H,11,12,13). The van der Waals surface area contributed by atoms with Crippen molar-refractivity contribution in [3.05, 3.63) is 23.9 Å². The van der Waals surface area contributed by atoms with Gasteiger partial charge in [-0.25, -0.2) is 9.78 Å². The fraction of sp³-hybridized carbons (Fsp3) is 0.300. The van der Waals surface area contributed by atoms with E-state index in [1.54, 1.807) is 6.92 Å². The minimum absolute atomic E-state index is 0.101. The molecule has 6 heteroatoms. The van der Waals surface area contributed by atoms with Crippen LogP contribution >= 0.6 is 12.6 Å². The van der Waals surface area contributed by atoms with Crippen molar-refractivity contribution in [3.63, 3.8) is 0 Å². The van der Waals surface area contributed by atoms with Crippen LogP contribution in [0.1, 0.15) is 17.4 Å². The largest absolute Gasteiger partial charge is 0.477 e. The van der Waals surface area contributed by atoms with Crippen molar-refractivity contribution in [1.29, 1.82) is 0 Å². The highest BCUT2D eigenvalue weighted by atomic mass is 32.1. The van der Waals surface area contributed by atoms with Crippen LogP contribution in [0.5, 0.6) is 0 Å². The minimum Gasteiger partial charge on any atom is -0.477 e. The van der Waals surface area contributed by atoms with E-state index >= 15 is 0 Å². The lowest BCUT2D eigenvalue weighted by Gasteiger charge is -2.08. The highest BCUT2D eigenvalue weighted by Crippen LogP contribution is 2.07. The molecule has 0 aliphatic rings. The molecular weight excluding hydrogens is 228 g/mol. The number of hydrogen-bond donors (Lipinski definition) is 3. The van der Waals surface area contributed by atoms with Gasteiger partial charge in [0.05, 0.1) is 0 Å². The van der Waals surface area contributed by atoms with Gasteiger partial charge in [-0.2, -0.15) is 12.6 Å². The summed E-state index contributed by atoms with van der Waals surface area (Å²) in [6, 6.07) is 4.42. The second kappa shape index (κ2) is 5.50. The third kappa shape index (κ3) is 3.23. The van der Waals surface area contributed by atoms with E-state index in [4.69, 9.17) is 5.11 Å². The molecule has 1 unspecified atom stereocenters. The summed E-state index contributed by atoms with van der Waals surface area (Å²) in [4.78, 5) is 25.9. The number of hydrogen-bond acceptors (Lipinski definition) is 4. The number of thiol groups is 1. The third-order valence-electron chi connectivity index (χ3n) is 1.94. The lowest BCUT2D eigenvalue weighted by atomic mass is 10.2. The summed E-state index contributed by atoms with van der Waals surface area (Å²) in [6.07, 6.45) is 0. The number of aromatic carboxylic acids is 1. The molecule has 1 amide bonds. The lowest BCUT2D eigenvalue weighted by molar-refractivity contribution is -0.118. The number of anilines is 1. The summed E-state index contributed by atoms with van der Waals surface area (Å²) < 4.78 is 0. The molecule has 1 heterocycles. The smallest absolute Gasteiger partial charge is 0.354 e. The number of amides is 1. The van der Waals surface area contributed by atoms with E-state index in [0.717, 1.165) is 0 Å². The highest BCUT2D eigenvalue weighted by Gasteiger charge is 2.12. The molecule has 0 fully saturated rings. The van der Waals surface area contributed by atoms with Crippen LogP contribution in [0.3, 0.4) is 0 Å². The Bertz CT molecular complexity index is 409. The van der Waals surface area contributed by atoms with Crippen LogP contribution in [-0.2, 0) is 4.79 Å². The minimum atomic E-state index is -1.13. The van der Waals surface area contributed by atoms with E-state index < -0.39 is 5.97 Å². The molecule has 0 spiro atoms. The first-order valence-corrected chi connectivity index (χ1v) is 5.30. The fourth-order valence-corrected chi connectivity index (χ4v) is 1.12. The molecule has 1 rings (SSSR count). The molecule has 0 bridgehead atoms. The quantitative estimate of drug-likeness (QED) is 0.693. The van der Waals surface area contributed by atoms with Crippen molar-refractivity contribution in [3.8, 4) is 0 Å². The zero-order chi connectivity index (χ0) is 12.1. The molecule has 2 N–H and O–H groups in total. The van der Waals surface area contributed by atoms with Crippen LogP contribution in [-0.4, -0.2) is 27.7 Å². The average Bonchev–Trinajstić information content (AvgIpc) is 2.28. The monoisotopic (exact) mass is 240 g/mol. The molecule has 1 aromatic rings. The van der Waals surface area contributed by atoms with E-state index in [0.29, 0.717) is 5.75 Å². The van der Waals surface area contributed by atoms with Crippen LogP contribution in [0.2, 0.25) is 0 Å². The Hall–Kier alpha value is -1.56. The van der Waals surface area contributed by atoms with Gasteiger partial charge in [0, 0.05) is 11.7 Å². The van der Waals surface area contributed by atoms with Crippen molar-refractivity contribution in [1.82, 2.24) is 4.98 Å². The maximum Gasteiger partial charge on any atom is 0.354 e. The summed E-state index contributed by atoms with van der Waals surface area (Å²) in [5.41, 5.74) is -0.101. The number of nitrogens with one attached hydrogen (secondary N) is 1. The number of carbonyl (C=O) groups excluding carboxylic acids is 1. The van der Waals surface area contributed by atoms with Crippen molar-refractivity contribution in [2.45, 2.75) is 6.92 Å². The number of nitrogens with zero attached hydrogens (tertiary/aromatic N) is 1. The maximum absolute atomic E-state index is 11.5. The van der Waals surface area contributed by atoms with Crippen LogP contribution in [0.15, 0.2) is 18.2 Å². The second-order valence-corrected chi connectivity index (χ2v) is 3.65. The fourth-order valence-electron chi connectivity index (χ4n) is 0.956. The average molecular weight is 240 g/mol. The van der Waals surface area contributed by atoms with Crippen molar-refractivity contribution in [2.24, 2.45) is 5.92 Å². The molecule has 16 heavy (non-hydrogen) atoms. The first-order chi connectivity index (χ1) is 7.54. The zero-order valence-electron chi connectivity index (χ0n) is 8.67. The predicted molar refractivity (Wildman–Crippen MR) is 62.8 cm³/mol. The Morgan fingerprint density at radius 3 is 2.81 bits per heavy atom. The summed E-state index contributed by atoms with van der Waals surface area (Å²) in [6.45, 7) is 1.73. The molecule has 1 atom stereocenters. The van der Waals surface area contributed by atoms with Crippen LogP contribution in [0.4, 0.5) is 5.82 Å². The Kier molecular flexibility index (Phi) is 4.30. The first-order valence-electron chi connectivity index (χ1n) is 4.66. The van der Waals surface area contributed by atoms with Gasteiger partial charge in [0.25, 0.3) is 0 Å². The Labute approximate surface area is 98.3 Å². The normalized spacial score (nSPS) is 11.9. The number of aromatic nitrogens is 1. The zero-order valence-corrected chi connectivity index (χ0v) is 9.57. The summed E-state index contributed by atoms with van der Waals surface area (Å²) in [7, 11) is 0. The topological polar surface area (TPSA) is 79.3 Å². The summed E-state index contributed by atoms with van der Waals surface area (Å²) in [5.74, 6) is -0.953. The van der Waals surface area contributed by atoms with E-state index in [2.05, 4.69) is 22.9 Å². The number of pyridine rings is 1. The number of carbonyl (C=O) groups is 2. The second-order valence-electron chi connectivity index (χ2n) is 3.29. The molecule has 0 aliphatic heterocycles. The third-order valence-corrected chi connectivity index (χ3v) is 2.49. The van der Waals surface area contributed by atoms with Crippen molar-refractivity contribution >= 4 is 30.3 Å². The Morgan fingerprint density at radius 2 is 2.25 bits per heavy atom. The molecular formula is C10H12N2O3S. The molecule has 1 aromatic heterocycles. The predicted octanol–water partition coefficient (Wildman–Crippen LogP) is 1.28. The molecule has 5 nitrogen and oxygen atoms in total. The van der Waals surface area contributed by atoms with Crippen molar-refractivity contribution in [2.75, 3.05) is 11.1 Å². The molecule has 0 radical (unpaired) electrons. The molecule has 0 saturated heterocycles. The molecule has 86 valence electrons. The van der Waals surface area contributed by atoms with Gasteiger partial charge in [-0.1, -0.05) is 13.0 Å². The number of rotatable bonds is 4.